The van der Waals surface area contributed by atoms with E-state index in [2.05, 4.69) is 20.0 Å². The van der Waals surface area contributed by atoms with Crippen LogP contribution in [0.3, 0.4) is 0 Å². The fourth-order valence-electron chi connectivity index (χ4n) is 2.83. The molecule has 7 nitrogen and oxygen atoms in total. The average Bonchev–Trinajstić information content (AvgIpc) is 3.21. The van der Waals surface area contributed by atoms with Crippen LogP contribution in [0.15, 0.2) is 72.0 Å². The van der Waals surface area contributed by atoms with Crippen molar-refractivity contribution in [1.82, 2.24) is 20.0 Å². The predicted molar refractivity (Wildman–Crippen MR) is 121 cm³/mol. The number of aromatic nitrogens is 4. The van der Waals surface area contributed by atoms with Gasteiger partial charge in [-0.1, -0.05) is 46.1 Å². The molecule has 2 heterocycles. The zero-order chi connectivity index (χ0) is 22.0. The van der Waals surface area contributed by atoms with E-state index in [0.717, 1.165) is 5.56 Å². The Morgan fingerprint density at radius 3 is 2.58 bits per heavy atom. The summed E-state index contributed by atoms with van der Waals surface area (Å²) in [4.78, 5) is 4.05. The van der Waals surface area contributed by atoms with Gasteiger partial charge in [0.15, 0.2) is 0 Å². The summed E-state index contributed by atoms with van der Waals surface area (Å²) in [6.07, 6.45) is 5.12. The lowest BCUT2D eigenvalue weighted by molar-refractivity contribution is 0.601. The smallest absolute Gasteiger partial charge is 0.261 e. The van der Waals surface area contributed by atoms with Gasteiger partial charge in [-0.25, -0.2) is 13.1 Å². The van der Waals surface area contributed by atoms with Gasteiger partial charge in [0.05, 0.1) is 33.4 Å². The van der Waals surface area contributed by atoms with E-state index in [1.54, 1.807) is 35.4 Å². The van der Waals surface area contributed by atoms with E-state index in [4.69, 9.17) is 34.8 Å². The lowest BCUT2D eigenvalue weighted by Gasteiger charge is -2.13. The molecule has 0 aliphatic heterocycles. The van der Waals surface area contributed by atoms with Crippen LogP contribution in [0.4, 0.5) is 5.69 Å². The molecule has 0 radical (unpaired) electrons. The minimum Gasteiger partial charge on any atom is -0.279 e. The first kappa shape index (κ1) is 21.6. The van der Waals surface area contributed by atoms with Crippen molar-refractivity contribution in [3.05, 3.63) is 87.8 Å². The number of nitrogens with zero attached hydrogens (tertiary/aromatic N) is 4. The highest BCUT2D eigenvalue weighted by Gasteiger charge is 2.18. The summed E-state index contributed by atoms with van der Waals surface area (Å²) in [7, 11) is -3.93. The van der Waals surface area contributed by atoms with Gasteiger partial charge in [-0.15, -0.1) is 5.10 Å². The number of hydrogen-bond acceptors (Lipinski definition) is 5. The Morgan fingerprint density at radius 1 is 1.00 bits per heavy atom. The van der Waals surface area contributed by atoms with Crippen LogP contribution < -0.4 is 4.72 Å². The topological polar surface area (TPSA) is 89.8 Å². The first-order chi connectivity index (χ1) is 14.8. The van der Waals surface area contributed by atoms with Crippen molar-refractivity contribution in [1.29, 1.82) is 0 Å². The molecule has 0 saturated carbocycles. The summed E-state index contributed by atoms with van der Waals surface area (Å²) in [5.74, 6) is 0. The number of pyridine rings is 1. The molecule has 0 unspecified atom stereocenters. The molecule has 2 aromatic carbocycles. The summed E-state index contributed by atoms with van der Waals surface area (Å²) in [6, 6.07) is 12.7. The largest absolute Gasteiger partial charge is 0.279 e. The van der Waals surface area contributed by atoms with Gasteiger partial charge < -0.3 is 0 Å². The highest BCUT2D eigenvalue weighted by molar-refractivity contribution is 7.92. The lowest BCUT2D eigenvalue weighted by Crippen LogP contribution is -2.15. The SMILES string of the molecule is O=S(=O)(Nc1cc(Cl)ccc1Cn1cc(-c2cccnc2)nn1)c1ccc(Cl)c(Cl)c1. The minimum atomic E-state index is -3.93. The molecule has 158 valence electrons. The summed E-state index contributed by atoms with van der Waals surface area (Å²) in [6.45, 7) is 0.268. The number of anilines is 1. The van der Waals surface area contributed by atoms with Crippen molar-refractivity contribution in [3.8, 4) is 11.3 Å². The molecule has 11 heteroatoms. The Hall–Kier alpha value is -2.65. The molecular weight excluding hydrogens is 481 g/mol. The second kappa shape index (κ2) is 8.84. The van der Waals surface area contributed by atoms with Crippen LogP contribution in [0.2, 0.25) is 15.1 Å². The molecule has 31 heavy (non-hydrogen) atoms. The standard InChI is InChI=1S/C20H14Cl3N5O2S/c21-15-4-3-14(11-28-12-20(25-27-28)13-2-1-7-24-10-13)19(8-15)26-31(29,30)16-5-6-17(22)18(23)9-16/h1-10,12,26H,11H2. The third-order valence-electron chi connectivity index (χ3n) is 4.35. The molecular formula is C20H14Cl3N5O2S. The monoisotopic (exact) mass is 493 g/mol. The summed E-state index contributed by atoms with van der Waals surface area (Å²) in [5.41, 5.74) is 2.44. The number of benzene rings is 2. The Morgan fingerprint density at radius 2 is 1.84 bits per heavy atom. The van der Waals surface area contributed by atoms with E-state index in [1.165, 1.54) is 24.3 Å². The zero-order valence-electron chi connectivity index (χ0n) is 15.7. The van der Waals surface area contributed by atoms with Crippen molar-refractivity contribution in [3.63, 3.8) is 0 Å². The number of hydrogen-bond donors (Lipinski definition) is 1. The molecule has 0 aliphatic carbocycles. The van der Waals surface area contributed by atoms with Crippen LogP contribution in [0, 0.1) is 0 Å². The fraction of sp³-hybridized carbons (Fsp3) is 0.0500. The van der Waals surface area contributed by atoms with E-state index in [-0.39, 0.29) is 21.5 Å². The molecule has 0 fully saturated rings. The van der Waals surface area contributed by atoms with E-state index >= 15 is 0 Å². The van der Waals surface area contributed by atoms with Crippen LogP contribution in [0.5, 0.6) is 0 Å². The maximum atomic E-state index is 12.9. The maximum absolute atomic E-state index is 12.9. The van der Waals surface area contributed by atoms with Gasteiger partial charge in [-0.05, 0) is 48.0 Å². The van der Waals surface area contributed by atoms with Crippen molar-refractivity contribution in [2.24, 2.45) is 0 Å². The second-order valence-corrected chi connectivity index (χ2v) is 9.46. The van der Waals surface area contributed by atoms with Crippen molar-refractivity contribution in [2.75, 3.05) is 4.72 Å². The average molecular weight is 495 g/mol. The number of halogens is 3. The quantitative estimate of drug-likeness (QED) is 0.400. The molecule has 4 aromatic rings. The Bertz CT molecular complexity index is 1340. The Balaban J connectivity index is 1.62. The third-order valence-corrected chi connectivity index (χ3v) is 6.68. The molecule has 1 N–H and O–H groups in total. The summed E-state index contributed by atoms with van der Waals surface area (Å²) >= 11 is 18.0. The molecule has 0 bridgehead atoms. The summed E-state index contributed by atoms with van der Waals surface area (Å²) in [5, 5.41) is 9.06. The molecule has 0 spiro atoms. The predicted octanol–water partition coefficient (Wildman–Crippen LogP) is 5.15. The molecule has 0 atom stereocenters. The first-order valence-corrected chi connectivity index (χ1v) is 11.5. The maximum Gasteiger partial charge on any atom is 0.261 e. The minimum absolute atomic E-state index is 0.0209. The van der Waals surface area contributed by atoms with Crippen molar-refractivity contribution < 1.29 is 8.42 Å². The number of nitrogens with one attached hydrogen (secondary N) is 1. The highest BCUT2D eigenvalue weighted by atomic mass is 35.5. The second-order valence-electron chi connectivity index (χ2n) is 6.53. The summed E-state index contributed by atoms with van der Waals surface area (Å²) < 4.78 is 29.9. The Labute approximate surface area is 193 Å². The van der Waals surface area contributed by atoms with Gasteiger partial charge in [-0.3, -0.25) is 9.71 Å². The fourth-order valence-corrected chi connectivity index (χ4v) is 4.48. The van der Waals surface area contributed by atoms with Crippen LogP contribution in [0.1, 0.15) is 5.56 Å². The van der Waals surface area contributed by atoms with Gasteiger partial charge in [0.1, 0.15) is 5.69 Å². The van der Waals surface area contributed by atoms with Crippen LogP contribution in [0.25, 0.3) is 11.3 Å². The Kier molecular flexibility index (Phi) is 6.15. The first-order valence-electron chi connectivity index (χ1n) is 8.89. The van der Waals surface area contributed by atoms with Crippen LogP contribution in [-0.2, 0) is 16.6 Å². The molecule has 0 saturated heterocycles. The molecule has 4 rings (SSSR count). The molecule has 0 amide bonds. The van der Waals surface area contributed by atoms with E-state index in [9.17, 15) is 8.42 Å². The van der Waals surface area contributed by atoms with E-state index in [0.29, 0.717) is 22.0 Å². The van der Waals surface area contributed by atoms with Crippen molar-refractivity contribution in [2.45, 2.75) is 11.4 Å². The van der Waals surface area contributed by atoms with Crippen molar-refractivity contribution >= 4 is 50.5 Å². The van der Waals surface area contributed by atoms with Crippen LogP contribution in [-0.4, -0.2) is 28.4 Å². The van der Waals surface area contributed by atoms with Gasteiger partial charge >= 0.3 is 0 Å². The lowest BCUT2D eigenvalue weighted by atomic mass is 10.2. The zero-order valence-corrected chi connectivity index (χ0v) is 18.8. The molecule has 0 aliphatic rings. The normalized spacial score (nSPS) is 11.5. The molecule has 2 aromatic heterocycles. The number of rotatable bonds is 6. The highest BCUT2D eigenvalue weighted by Crippen LogP contribution is 2.28. The third kappa shape index (κ3) is 4.99. The number of sulfonamides is 1. The van der Waals surface area contributed by atoms with Gasteiger partial charge in [0.2, 0.25) is 0 Å². The van der Waals surface area contributed by atoms with E-state index < -0.39 is 10.0 Å². The van der Waals surface area contributed by atoms with Crippen LogP contribution >= 0.6 is 34.8 Å². The van der Waals surface area contributed by atoms with E-state index in [1.807, 2.05) is 12.1 Å². The van der Waals surface area contributed by atoms with Gasteiger partial charge in [-0.2, -0.15) is 0 Å². The van der Waals surface area contributed by atoms with Gasteiger partial charge in [0, 0.05) is 23.0 Å². The van der Waals surface area contributed by atoms with Gasteiger partial charge in [0.25, 0.3) is 10.0 Å².